The van der Waals surface area contributed by atoms with Crippen molar-refractivity contribution in [2.45, 2.75) is 23.2 Å². The molecule has 3 atom stereocenters. The summed E-state index contributed by atoms with van der Waals surface area (Å²) in [5.41, 5.74) is 0.722. The van der Waals surface area contributed by atoms with E-state index in [1.165, 1.54) is 0 Å². The number of carbonyl (C=O) groups is 2. The van der Waals surface area contributed by atoms with E-state index in [1.54, 1.807) is 16.8 Å². The number of imide groups is 1. The van der Waals surface area contributed by atoms with E-state index in [9.17, 15) is 22.8 Å². The molecule has 0 aliphatic carbocycles. The molecule has 2 aliphatic heterocycles. The van der Waals surface area contributed by atoms with E-state index in [-0.39, 0.29) is 5.69 Å². The molecule has 34 heavy (non-hydrogen) atoms. The fraction of sp³-hybridized carbons (Fsp3) is 0.200. The van der Waals surface area contributed by atoms with E-state index >= 15 is 0 Å². The molecule has 2 heterocycles. The van der Waals surface area contributed by atoms with Gasteiger partial charge in [0.25, 0.3) is 5.91 Å². The molecule has 3 aromatic rings. The maximum atomic E-state index is 13.5. The van der Waals surface area contributed by atoms with Crippen LogP contribution in [0.25, 0.3) is 0 Å². The highest BCUT2D eigenvalue weighted by molar-refractivity contribution is 7.98. The Balaban J connectivity index is 1.53. The van der Waals surface area contributed by atoms with E-state index in [0.717, 1.165) is 39.6 Å². The van der Waals surface area contributed by atoms with Gasteiger partial charge >= 0.3 is 6.18 Å². The lowest BCUT2D eigenvalue weighted by Gasteiger charge is -2.29. The molecule has 2 fully saturated rings. The van der Waals surface area contributed by atoms with Crippen molar-refractivity contribution in [1.82, 2.24) is 0 Å². The lowest BCUT2D eigenvalue weighted by molar-refractivity contribution is -0.137. The third-order valence-electron chi connectivity index (χ3n) is 6.04. The Morgan fingerprint density at radius 3 is 2.06 bits per heavy atom. The van der Waals surface area contributed by atoms with Crippen molar-refractivity contribution in [3.63, 3.8) is 0 Å². The van der Waals surface area contributed by atoms with Crippen LogP contribution >= 0.6 is 11.8 Å². The number of nitrogens with zero attached hydrogens (tertiary/aromatic N) is 2. The van der Waals surface area contributed by atoms with Crippen LogP contribution in [0.5, 0.6) is 0 Å². The summed E-state index contributed by atoms with van der Waals surface area (Å²) in [6.45, 7) is 0. The Bertz CT molecular complexity index is 1220. The van der Waals surface area contributed by atoms with Crippen molar-refractivity contribution in [2.75, 3.05) is 16.2 Å². The Morgan fingerprint density at radius 1 is 0.824 bits per heavy atom. The number of rotatable bonds is 4. The van der Waals surface area contributed by atoms with Crippen LogP contribution in [0.1, 0.15) is 17.2 Å². The maximum absolute atomic E-state index is 13.5. The first-order chi connectivity index (χ1) is 16.3. The van der Waals surface area contributed by atoms with Gasteiger partial charge in [0.05, 0.1) is 23.0 Å². The number of fused-ring (bicyclic) bond motifs is 1. The Labute approximate surface area is 198 Å². The van der Waals surface area contributed by atoms with E-state index in [2.05, 4.69) is 0 Å². The molecule has 0 unspecified atom stereocenters. The number of benzene rings is 3. The first-order valence-corrected chi connectivity index (χ1v) is 11.7. The van der Waals surface area contributed by atoms with Crippen LogP contribution in [-0.2, 0) is 20.6 Å². The molecule has 9 heteroatoms. The molecule has 0 bridgehead atoms. The first-order valence-electron chi connectivity index (χ1n) is 10.5. The number of alkyl halides is 3. The highest BCUT2D eigenvalue weighted by Crippen LogP contribution is 2.47. The zero-order valence-electron chi connectivity index (χ0n) is 17.9. The Hall–Kier alpha value is -3.30. The summed E-state index contributed by atoms with van der Waals surface area (Å²) < 4.78 is 38.9. The average molecular weight is 484 g/mol. The molecular weight excluding hydrogens is 465 g/mol. The van der Waals surface area contributed by atoms with Crippen molar-refractivity contribution >= 4 is 35.0 Å². The van der Waals surface area contributed by atoms with Crippen LogP contribution in [0.4, 0.5) is 24.5 Å². The number of hydrogen-bond donors (Lipinski definition) is 0. The van der Waals surface area contributed by atoms with Crippen LogP contribution in [0.3, 0.4) is 0 Å². The second-order valence-corrected chi connectivity index (χ2v) is 8.87. The van der Waals surface area contributed by atoms with Crippen molar-refractivity contribution in [2.24, 2.45) is 5.92 Å². The predicted octanol–water partition coefficient (Wildman–Crippen LogP) is 5.48. The van der Waals surface area contributed by atoms with Crippen LogP contribution in [-0.4, -0.2) is 24.2 Å². The summed E-state index contributed by atoms with van der Waals surface area (Å²) >= 11 is 1.58. The minimum atomic E-state index is -4.51. The van der Waals surface area contributed by atoms with Gasteiger partial charge in [0, 0.05) is 4.90 Å². The highest BCUT2D eigenvalue weighted by Gasteiger charge is 2.60. The number of amides is 2. The minimum Gasteiger partial charge on any atom is -0.273 e. The predicted molar refractivity (Wildman–Crippen MR) is 122 cm³/mol. The molecule has 0 N–H and O–H groups in total. The van der Waals surface area contributed by atoms with Gasteiger partial charge in [-0.05, 0) is 60.4 Å². The second-order valence-electron chi connectivity index (χ2n) is 7.99. The number of hydroxylamine groups is 1. The van der Waals surface area contributed by atoms with E-state index in [0.29, 0.717) is 5.69 Å². The Kier molecular flexibility index (Phi) is 5.61. The number of thioether (sulfide) groups is 1. The van der Waals surface area contributed by atoms with Crippen LogP contribution in [0.15, 0.2) is 83.8 Å². The van der Waals surface area contributed by atoms with Gasteiger partial charge in [-0.15, -0.1) is 11.8 Å². The molecule has 5 nitrogen and oxygen atoms in total. The van der Waals surface area contributed by atoms with E-state index in [1.807, 2.05) is 60.9 Å². The molecule has 0 radical (unpaired) electrons. The quantitative estimate of drug-likeness (QED) is 0.363. The maximum Gasteiger partial charge on any atom is 0.416 e. The van der Waals surface area contributed by atoms with Gasteiger partial charge in [0.2, 0.25) is 5.91 Å². The van der Waals surface area contributed by atoms with Gasteiger partial charge in [-0.25, -0.2) is 9.96 Å². The molecular formula is C25H19F3N2O3S. The topological polar surface area (TPSA) is 49.9 Å². The third-order valence-corrected chi connectivity index (χ3v) is 6.78. The van der Waals surface area contributed by atoms with Crippen molar-refractivity contribution in [1.29, 1.82) is 0 Å². The van der Waals surface area contributed by atoms with Crippen LogP contribution in [0, 0.1) is 5.92 Å². The van der Waals surface area contributed by atoms with Gasteiger partial charge in [-0.1, -0.05) is 30.3 Å². The number of carbonyl (C=O) groups excluding carboxylic acids is 2. The number of hydrogen-bond acceptors (Lipinski definition) is 5. The molecule has 0 saturated carbocycles. The summed E-state index contributed by atoms with van der Waals surface area (Å²) in [5.74, 6) is -1.96. The molecule has 3 aromatic carbocycles. The monoisotopic (exact) mass is 484 g/mol. The largest absolute Gasteiger partial charge is 0.416 e. The van der Waals surface area contributed by atoms with Gasteiger partial charge < -0.3 is 0 Å². The fourth-order valence-corrected chi connectivity index (χ4v) is 4.82. The van der Waals surface area contributed by atoms with Crippen molar-refractivity contribution in [3.05, 3.63) is 90.0 Å². The smallest absolute Gasteiger partial charge is 0.273 e. The highest BCUT2D eigenvalue weighted by atomic mass is 32.2. The first kappa shape index (κ1) is 22.5. The lowest BCUT2D eigenvalue weighted by atomic mass is 9.90. The Morgan fingerprint density at radius 2 is 1.47 bits per heavy atom. The van der Waals surface area contributed by atoms with Crippen molar-refractivity contribution in [3.8, 4) is 0 Å². The summed E-state index contributed by atoms with van der Waals surface area (Å²) in [5, 5.41) is 1.59. The van der Waals surface area contributed by atoms with Gasteiger partial charge in [-0.3, -0.25) is 14.4 Å². The number of halogens is 3. The second kappa shape index (κ2) is 8.48. The molecule has 2 saturated heterocycles. The minimum absolute atomic E-state index is 0.0868. The summed E-state index contributed by atoms with van der Waals surface area (Å²) in [7, 11) is 0. The van der Waals surface area contributed by atoms with Gasteiger partial charge in [0.15, 0.2) is 6.10 Å². The molecule has 2 aliphatic rings. The molecule has 5 rings (SSSR count). The standard InChI is InChI=1S/C25H19F3N2O3S/c1-34-19-13-7-15(8-14-19)21-20-22(33-30(21)18-5-3-2-4-6-18)24(32)29(23(20)31)17-11-9-16(10-12-17)25(26,27)28/h2-14,20-22H,1H3/t20-,21-,22-/m0/s1. The zero-order chi connectivity index (χ0) is 24.0. The van der Waals surface area contributed by atoms with Crippen LogP contribution in [0.2, 0.25) is 0 Å². The zero-order valence-corrected chi connectivity index (χ0v) is 18.7. The summed E-state index contributed by atoms with van der Waals surface area (Å²) in [6, 6.07) is 20.2. The fourth-order valence-electron chi connectivity index (χ4n) is 4.41. The molecule has 174 valence electrons. The van der Waals surface area contributed by atoms with Crippen molar-refractivity contribution < 1.29 is 27.6 Å². The summed E-state index contributed by atoms with van der Waals surface area (Å²) in [4.78, 5) is 34.8. The lowest BCUT2D eigenvalue weighted by Crippen LogP contribution is -2.37. The third kappa shape index (κ3) is 3.74. The van der Waals surface area contributed by atoms with Crippen LogP contribution < -0.4 is 9.96 Å². The number of anilines is 2. The number of para-hydroxylation sites is 1. The molecule has 2 amide bonds. The summed E-state index contributed by atoms with van der Waals surface area (Å²) in [6.07, 6.45) is -3.64. The van der Waals surface area contributed by atoms with E-state index in [4.69, 9.17) is 4.84 Å². The average Bonchev–Trinajstić information content (AvgIpc) is 3.35. The van der Waals surface area contributed by atoms with Gasteiger partial charge in [0.1, 0.15) is 5.92 Å². The van der Waals surface area contributed by atoms with E-state index < -0.39 is 41.6 Å². The normalized spacial score (nSPS) is 22.4. The SMILES string of the molecule is CSc1ccc([C@H]2[C@@H]3C(=O)N(c4ccc(C(F)(F)F)cc4)C(=O)[C@H]3ON2c2ccccc2)cc1. The molecule has 0 aromatic heterocycles. The molecule has 0 spiro atoms. The van der Waals surface area contributed by atoms with Gasteiger partial charge in [-0.2, -0.15) is 13.2 Å².